The van der Waals surface area contributed by atoms with Crippen molar-refractivity contribution in [3.05, 3.63) is 33.9 Å². The van der Waals surface area contributed by atoms with Crippen molar-refractivity contribution >= 4 is 11.4 Å². The molecule has 1 fully saturated rings. The number of anilines is 1. The van der Waals surface area contributed by atoms with Crippen LogP contribution in [0.3, 0.4) is 0 Å². The number of nitriles is 1. The van der Waals surface area contributed by atoms with Crippen LogP contribution in [0.2, 0.25) is 0 Å². The molecule has 6 nitrogen and oxygen atoms in total. The van der Waals surface area contributed by atoms with Crippen LogP contribution in [0.25, 0.3) is 0 Å². The molecule has 0 amide bonds. The molecule has 0 saturated heterocycles. The van der Waals surface area contributed by atoms with Gasteiger partial charge in [-0.15, -0.1) is 0 Å². The molecule has 1 aromatic carbocycles. The lowest BCUT2D eigenvalue weighted by Gasteiger charge is -2.19. The molecule has 0 spiro atoms. The van der Waals surface area contributed by atoms with E-state index < -0.39 is 4.92 Å². The highest BCUT2D eigenvalue weighted by Gasteiger charge is 2.21. The fourth-order valence-electron chi connectivity index (χ4n) is 1.87. The van der Waals surface area contributed by atoms with E-state index in [0.717, 1.165) is 12.5 Å². The zero-order valence-electron chi connectivity index (χ0n) is 11.4. The SMILES string of the molecule is CN(CCOCC1CC1)c1ccc(C#N)c([N+](=O)[O-])c1. The molecule has 1 aliphatic carbocycles. The first kappa shape index (κ1) is 14.3. The zero-order chi connectivity index (χ0) is 14.5. The molecular formula is C14H17N3O3. The first-order chi connectivity index (χ1) is 9.61. The lowest BCUT2D eigenvalue weighted by atomic mass is 10.1. The molecule has 0 aliphatic heterocycles. The maximum atomic E-state index is 10.9. The normalized spacial score (nSPS) is 13.8. The van der Waals surface area contributed by atoms with Gasteiger partial charge >= 0.3 is 0 Å². The summed E-state index contributed by atoms with van der Waals surface area (Å²) in [5.41, 5.74) is 0.638. The number of nitrogens with zero attached hydrogens (tertiary/aromatic N) is 3. The first-order valence-corrected chi connectivity index (χ1v) is 6.59. The Labute approximate surface area is 117 Å². The van der Waals surface area contributed by atoms with Crippen molar-refractivity contribution in [1.82, 2.24) is 0 Å². The third kappa shape index (κ3) is 3.68. The van der Waals surface area contributed by atoms with E-state index in [9.17, 15) is 10.1 Å². The molecule has 1 saturated carbocycles. The van der Waals surface area contributed by atoms with Gasteiger partial charge in [-0.3, -0.25) is 10.1 Å². The largest absolute Gasteiger partial charge is 0.379 e. The first-order valence-electron chi connectivity index (χ1n) is 6.59. The van der Waals surface area contributed by atoms with Gasteiger partial charge < -0.3 is 9.64 Å². The summed E-state index contributed by atoms with van der Waals surface area (Å²) < 4.78 is 5.54. The molecule has 1 aromatic rings. The summed E-state index contributed by atoms with van der Waals surface area (Å²) in [5, 5.41) is 19.7. The van der Waals surface area contributed by atoms with Crippen molar-refractivity contribution in [2.45, 2.75) is 12.8 Å². The quantitative estimate of drug-likeness (QED) is 0.433. The topological polar surface area (TPSA) is 79.4 Å². The van der Waals surface area contributed by atoms with E-state index in [1.165, 1.54) is 25.0 Å². The number of nitro groups is 1. The molecule has 20 heavy (non-hydrogen) atoms. The highest BCUT2D eigenvalue weighted by atomic mass is 16.6. The minimum atomic E-state index is -0.528. The van der Waals surface area contributed by atoms with Gasteiger partial charge in [0.2, 0.25) is 0 Å². The summed E-state index contributed by atoms with van der Waals surface area (Å²) in [5.74, 6) is 0.733. The Morgan fingerprint density at radius 2 is 2.30 bits per heavy atom. The van der Waals surface area contributed by atoms with E-state index in [4.69, 9.17) is 10.00 Å². The predicted octanol–water partition coefficient (Wildman–Crippen LogP) is 2.33. The molecule has 106 valence electrons. The van der Waals surface area contributed by atoms with Gasteiger partial charge in [0, 0.05) is 32.0 Å². The van der Waals surface area contributed by atoms with E-state index in [1.54, 1.807) is 6.07 Å². The molecule has 0 aromatic heterocycles. The van der Waals surface area contributed by atoms with Crippen molar-refractivity contribution in [2.75, 3.05) is 31.7 Å². The molecule has 2 rings (SSSR count). The van der Waals surface area contributed by atoms with Gasteiger partial charge in [0.15, 0.2) is 0 Å². The number of hydrogen-bond acceptors (Lipinski definition) is 5. The molecule has 1 aliphatic rings. The third-order valence-electron chi connectivity index (χ3n) is 3.36. The molecule has 0 N–H and O–H groups in total. The Hall–Kier alpha value is -2.13. The van der Waals surface area contributed by atoms with Crippen molar-refractivity contribution < 1.29 is 9.66 Å². The highest BCUT2D eigenvalue weighted by molar-refractivity contribution is 5.60. The van der Waals surface area contributed by atoms with Crippen molar-refractivity contribution in [2.24, 2.45) is 5.92 Å². The van der Waals surface area contributed by atoms with Crippen LogP contribution in [-0.2, 0) is 4.74 Å². The Bertz CT molecular complexity index is 535. The number of ether oxygens (including phenoxy) is 1. The van der Waals surface area contributed by atoms with Crippen molar-refractivity contribution in [1.29, 1.82) is 5.26 Å². The van der Waals surface area contributed by atoms with E-state index in [0.29, 0.717) is 18.8 Å². The lowest BCUT2D eigenvalue weighted by Crippen LogP contribution is -2.23. The second-order valence-electron chi connectivity index (χ2n) is 5.01. The van der Waals surface area contributed by atoms with Crippen LogP contribution in [0.4, 0.5) is 11.4 Å². The van der Waals surface area contributed by atoms with Crippen molar-refractivity contribution in [3.63, 3.8) is 0 Å². The van der Waals surface area contributed by atoms with Gasteiger partial charge in [-0.2, -0.15) is 5.26 Å². The monoisotopic (exact) mass is 275 g/mol. The summed E-state index contributed by atoms with van der Waals surface area (Å²) >= 11 is 0. The van der Waals surface area contributed by atoms with Gasteiger partial charge in [0.05, 0.1) is 11.5 Å². The summed E-state index contributed by atoms with van der Waals surface area (Å²) in [4.78, 5) is 12.3. The van der Waals surface area contributed by atoms with Crippen LogP contribution in [0.1, 0.15) is 18.4 Å². The maximum Gasteiger partial charge on any atom is 0.289 e. The fraction of sp³-hybridized carbons (Fsp3) is 0.500. The van der Waals surface area contributed by atoms with Crippen LogP contribution in [0.5, 0.6) is 0 Å². The number of rotatable bonds is 7. The highest BCUT2D eigenvalue weighted by Crippen LogP contribution is 2.28. The van der Waals surface area contributed by atoms with Crippen LogP contribution in [0, 0.1) is 27.4 Å². The van der Waals surface area contributed by atoms with Gasteiger partial charge in [0.25, 0.3) is 5.69 Å². The average Bonchev–Trinajstić information content (AvgIpc) is 3.26. The lowest BCUT2D eigenvalue weighted by molar-refractivity contribution is -0.385. The fourth-order valence-corrected chi connectivity index (χ4v) is 1.87. The van der Waals surface area contributed by atoms with Crippen LogP contribution < -0.4 is 4.90 Å². The van der Waals surface area contributed by atoms with Crippen LogP contribution in [-0.4, -0.2) is 31.7 Å². The summed E-state index contributed by atoms with van der Waals surface area (Å²) in [7, 11) is 1.85. The zero-order valence-corrected chi connectivity index (χ0v) is 11.4. The molecule has 0 radical (unpaired) electrons. The molecule has 0 bridgehead atoms. The van der Waals surface area contributed by atoms with Gasteiger partial charge in [-0.05, 0) is 30.9 Å². The molecule has 6 heteroatoms. The van der Waals surface area contributed by atoms with Gasteiger partial charge in [-0.25, -0.2) is 0 Å². The molecular weight excluding hydrogens is 258 g/mol. The maximum absolute atomic E-state index is 10.9. The Balaban J connectivity index is 1.94. The number of nitro benzene ring substituents is 1. The summed E-state index contributed by atoms with van der Waals surface area (Å²) in [6.07, 6.45) is 2.52. The van der Waals surface area contributed by atoms with E-state index in [2.05, 4.69) is 0 Å². The van der Waals surface area contributed by atoms with Gasteiger partial charge in [-0.1, -0.05) is 0 Å². The van der Waals surface area contributed by atoms with Crippen LogP contribution in [0.15, 0.2) is 18.2 Å². The Kier molecular flexibility index (Phi) is 4.53. The molecule has 0 heterocycles. The standard InChI is InChI=1S/C14H17N3O3/c1-16(6-7-20-10-11-2-3-11)13-5-4-12(9-15)14(8-13)17(18)19/h4-5,8,11H,2-3,6-7,10H2,1H3. The van der Waals surface area contributed by atoms with Crippen molar-refractivity contribution in [3.8, 4) is 6.07 Å². The predicted molar refractivity (Wildman–Crippen MR) is 74.6 cm³/mol. The van der Waals surface area contributed by atoms with E-state index >= 15 is 0 Å². The second-order valence-corrected chi connectivity index (χ2v) is 5.01. The van der Waals surface area contributed by atoms with Crippen LogP contribution >= 0.6 is 0 Å². The summed E-state index contributed by atoms with van der Waals surface area (Å²) in [6.45, 7) is 2.07. The smallest absolute Gasteiger partial charge is 0.289 e. The molecule has 0 unspecified atom stereocenters. The number of benzene rings is 1. The minimum absolute atomic E-state index is 0.0807. The number of hydrogen-bond donors (Lipinski definition) is 0. The number of likely N-dealkylation sites (N-methyl/N-ethyl adjacent to an activating group) is 1. The van der Waals surface area contributed by atoms with E-state index in [1.807, 2.05) is 18.0 Å². The Morgan fingerprint density at radius 3 is 2.90 bits per heavy atom. The summed E-state index contributed by atoms with van der Waals surface area (Å²) in [6, 6.07) is 6.46. The van der Waals surface area contributed by atoms with E-state index in [-0.39, 0.29) is 11.3 Å². The Morgan fingerprint density at radius 1 is 1.55 bits per heavy atom. The minimum Gasteiger partial charge on any atom is -0.379 e. The second kappa shape index (κ2) is 6.35. The van der Waals surface area contributed by atoms with Gasteiger partial charge in [0.1, 0.15) is 11.6 Å². The molecule has 0 atom stereocenters. The average molecular weight is 275 g/mol. The third-order valence-corrected chi connectivity index (χ3v) is 3.36.